The summed E-state index contributed by atoms with van der Waals surface area (Å²) in [6.45, 7) is 4.21. The fourth-order valence-corrected chi connectivity index (χ4v) is 4.26. The van der Waals surface area contributed by atoms with Gasteiger partial charge in [-0.1, -0.05) is 25.5 Å². The van der Waals surface area contributed by atoms with Gasteiger partial charge in [0, 0.05) is 11.8 Å². The van der Waals surface area contributed by atoms with Gasteiger partial charge in [-0.3, -0.25) is 4.90 Å². The molecule has 6 nitrogen and oxygen atoms in total. The third kappa shape index (κ3) is 2.39. The van der Waals surface area contributed by atoms with E-state index in [-0.39, 0.29) is 5.96 Å². The van der Waals surface area contributed by atoms with Crippen molar-refractivity contribution in [3.05, 3.63) is 29.5 Å². The molecule has 1 aliphatic heterocycles. The highest BCUT2D eigenvalue weighted by Crippen LogP contribution is 2.42. The Hall–Kier alpha value is -2.50. The van der Waals surface area contributed by atoms with Crippen LogP contribution in [0, 0.1) is 6.92 Å². The first-order valence-corrected chi connectivity index (χ1v) is 9.06. The molecule has 4 N–H and O–H groups in total. The van der Waals surface area contributed by atoms with Gasteiger partial charge in [0.15, 0.2) is 5.58 Å². The number of para-hydroxylation sites is 1. The molecule has 2 aliphatic rings. The third-order valence-electron chi connectivity index (χ3n) is 5.46. The highest BCUT2D eigenvalue weighted by molar-refractivity contribution is 6.09. The molecule has 0 saturated heterocycles. The molecule has 1 spiro atoms. The summed E-state index contributed by atoms with van der Waals surface area (Å²) < 4.78 is 6.21. The molecule has 25 heavy (non-hydrogen) atoms. The van der Waals surface area contributed by atoms with Gasteiger partial charge in [0.2, 0.25) is 11.9 Å². The summed E-state index contributed by atoms with van der Waals surface area (Å²) >= 11 is 0. The number of rotatable bonds is 2. The van der Waals surface area contributed by atoms with Crippen molar-refractivity contribution in [2.24, 2.45) is 21.5 Å². The quantitative estimate of drug-likeness (QED) is 0.877. The fourth-order valence-electron chi connectivity index (χ4n) is 4.26. The average molecular weight is 339 g/mol. The number of aliphatic imine (C=N–C) groups is 2. The number of hydrogen-bond donors (Lipinski definition) is 2. The molecule has 1 aromatic heterocycles. The van der Waals surface area contributed by atoms with Crippen molar-refractivity contribution < 1.29 is 4.42 Å². The first kappa shape index (κ1) is 16.0. The first-order valence-electron chi connectivity index (χ1n) is 9.06. The van der Waals surface area contributed by atoms with Gasteiger partial charge in [0.25, 0.3) is 0 Å². The number of aryl methyl sites for hydroxylation is 2. The summed E-state index contributed by atoms with van der Waals surface area (Å²) in [7, 11) is 0. The van der Waals surface area contributed by atoms with Crippen molar-refractivity contribution >= 4 is 28.6 Å². The summed E-state index contributed by atoms with van der Waals surface area (Å²) in [5.74, 6) is 1.68. The summed E-state index contributed by atoms with van der Waals surface area (Å²) in [6.07, 6.45) is 6.12. The Balaban J connectivity index is 1.93. The number of fused-ring (bicyclic) bond motifs is 1. The van der Waals surface area contributed by atoms with E-state index in [1.807, 2.05) is 17.0 Å². The minimum Gasteiger partial charge on any atom is -0.459 e. The predicted molar refractivity (Wildman–Crippen MR) is 102 cm³/mol. The molecule has 1 fully saturated rings. The van der Waals surface area contributed by atoms with Crippen LogP contribution in [0.1, 0.15) is 50.4 Å². The van der Waals surface area contributed by atoms with E-state index < -0.39 is 5.66 Å². The second kappa shape index (κ2) is 5.79. The molecule has 0 atom stereocenters. The summed E-state index contributed by atoms with van der Waals surface area (Å²) in [6, 6.07) is 6.19. The van der Waals surface area contributed by atoms with Crippen LogP contribution < -0.4 is 16.4 Å². The molecule has 132 valence electrons. The Kier molecular flexibility index (Phi) is 3.71. The van der Waals surface area contributed by atoms with Crippen LogP contribution in [-0.4, -0.2) is 17.6 Å². The highest BCUT2D eigenvalue weighted by atomic mass is 16.3. The number of benzene rings is 1. The van der Waals surface area contributed by atoms with Crippen molar-refractivity contribution in [1.29, 1.82) is 0 Å². The molecule has 1 saturated carbocycles. The van der Waals surface area contributed by atoms with E-state index in [2.05, 4.69) is 24.9 Å². The maximum Gasteiger partial charge on any atom is 0.220 e. The number of nitrogens with two attached hydrogens (primary N) is 2. The summed E-state index contributed by atoms with van der Waals surface area (Å²) in [5, 5.41) is 1.12. The van der Waals surface area contributed by atoms with Crippen LogP contribution in [0.4, 0.5) is 5.69 Å². The zero-order valence-corrected chi connectivity index (χ0v) is 14.9. The van der Waals surface area contributed by atoms with Crippen molar-refractivity contribution in [2.75, 3.05) is 4.90 Å². The van der Waals surface area contributed by atoms with E-state index in [1.165, 1.54) is 12.0 Å². The van der Waals surface area contributed by atoms with Gasteiger partial charge >= 0.3 is 0 Å². The van der Waals surface area contributed by atoms with E-state index in [1.54, 1.807) is 0 Å². The Morgan fingerprint density at radius 1 is 1.20 bits per heavy atom. The van der Waals surface area contributed by atoms with E-state index in [9.17, 15) is 0 Å². The number of hydrogen-bond acceptors (Lipinski definition) is 6. The van der Waals surface area contributed by atoms with Gasteiger partial charge in [0.1, 0.15) is 11.4 Å². The molecule has 0 radical (unpaired) electrons. The van der Waals surface area contributed by atoms with Gasteiger partial charge in [-0.05, 0) is 44.2 Å². The lowest BCUT2D eigenvalue weighted by atomic mass is 9.87. The largest absolute Gasteiger partial charge is 0.459 e. The molecule has 2 heterocycles. The standard InChI is InChI=1S/C19H25N5O/c1-3-15-12(2)13-8-7-9-14(16(13)25-15)24-18(21)22-17(20)23-19(24)10-5-4-6-11-19/h7-9H,3-6,10-11H2,1-2H3,(H4,20,21,22,23). The lowest BCUT2D eigenvalue weighted by Crippen LogP contribution is -2.58. The van der Waals surface area contributed by atoms with Crippen molar-refractivity contribution in [2.45, 2.75) is 58.0 Å². The van der Waals surface area contributed by atoms with E-state index >= 15 is 0 Å². The highest BCUT2D eigenvalue weighted by Gasteiger charge is 2.43. The van der Waals surface area contributed by atoms with E-state index in [0.29, 0.717) is 5.96 Å². The molecule has 0 amide bonds. The van der Waals surface area contributed by atoms with Crippen LogP contribution in [0.15, 0.2) is 32.6 Å². The monoisotopic (exact) mass is 339 g/mol. The number of anilines is 1. The Bertz CT molecular complexity index is 873. The molecule has 1 aromatic carbocycles. The number of furan rings is 1. The molecule has 4 rings (SSSR count). The first-order chi connectivity index (χ1) is 12.1. The van der Waals surface area contributed by atoms with E-state index in [4.69, 9.17) is 20.9 Å². The lowest BCUT2D eigenvalue weighted by Gasteiger charge is -2.45. The van der Waals surface area contributed by atoms with Crippen LogP contribution in [-0.2, 0) is 6.42 Å². The van der Waals surface area contributed by atoms with Crippen molar-refractivity contribution in [3.63, 3.8) is 0 Å². The SMILES string of the molecule is CCc1oc2c(N3C(N)=NC(N)=NC34CCCCC4)cccc2c1C. The fraction of sp³-hybridized carbons (Fsp3) is 0.474. The minimum absolute atomic E-state index is 0.271. The molecule has 6 heteroatoms. The molecule has 2 aromatic rings. The maximum atomic E-state index is 6.35. The summed E-state index contributed by atoms with van der Waals surface area (Å²) in [4.78, 5) is 11.1. The molecule has 1 aliphatic carbocycles. The second-order valence-corrected chi connectivity index (χ2v) is 6.98. The van der Waals surface area contributed by atoms with Crippen LogP contribution >= 0.6 is 0 Å². The topological polar surface area (TPSA) is 93.1 Å². The van der Waals surface area contributed by atoms with Gasteiger partial charge in [-0.15, -0.1) is 0 Å². The van der Waals surface area contributed by atoms with Crippen molar-refractivity contribution in [1.82, 2.24) is 0 Å². The van der Waals surface area contributed by atoms with Gasteiger partial charge in [-0.25, -0.2) is 4.99 Å². The van der Waals surface area contributed by atoms with Gasteiger partial charge in [-0.2, -0.15) is 4.99 Å². The zero-order valence-electron chi connectivity index (χ0n) is 14.9. The predicted octanol–water partition coefficient (Wildman–Crippen LogP) is 3.41. The Morgan fingerprint density at radius 3 is 2.68 bits per heavy atom. The van der Waals surface area contributed by atoms with E-state index in [0.717, 1.165) is 54.5 Å². The smallest absolute Gasteiger partial charge is 0.220 e. The molecule has 0 unspecified atom stereocenters. The minimum atomic E-state index is -0.449. The Labute approximate surface area is 147 Å². The third-order valence-corrected chi connectivity index (χ3v) is 5.46. The van der Waals surface area contributed by atoms with Crippen LogP contribution in [0.2, 0.25) is 0 Å². The van der Waals surface area contributed by atoms with Crippen LogP contribution in [0.5, 0.6) is 0 Å². The lowest BCUT2D eigenvalue weighted by molar-refractivity contribution is 0.305. The van der Waals surface area contributed by atoms with Crippen LogP contribution in [0.25, 0.3) is 11.0 Å². The summed E-state index contributed by atoms with van der Waals surface area (Å²) in [5.41, 5.74) is 14.8. The van der Waals surface area contributed by atoms with Crippen molar-refractivity contribution in [3.8, 4) is 0 Å². The Morgan fingerprint density at radius 2 is 1.96 bits per heavy atom. The zero-order chi connectivity index (χ0) is 17.6. The number of guanidine groups is 2. The van der Waals surface area contributed by atoms with Gasteiger partial charge < -0.3 is 15.9 Å². The maximum absolute atomic E-state index is 6.35. The number of nitrogens with zero attached hydrogens (tertiary/aromatic N) is 3. The van der Waals surface area contributed by atoms with Crippen LogP contribution in [0.3, 0.4) is 0 Å². The second-order valence-electron chi connectivity index (χ2n) is 6.98. The van der Waals surface area contributed by atoms with Gasteiger partial charge in [0.05, 0.1) is 5.69 Å². The normalized spacial score (nSPS) is 20.0. The molecular formula is C19H25N5O. The average Bonchev–Trinajstić information content (AvgIpc) is 2.92. The molecule has 0 bridgehead atoms. The molecular weight excluding hydrogens is 314 g/mol.